The zero-order valence-electron chi connectivity index (χ0n) is 12.5. The molecule has 0 fully saturated rings. The SMILES string of the molecule is CC(C)CCOc1ccccc1-c1nc2n[nH]nc2c(=O)[nH]1. The quantitative estimate of drug-likeness (QED) is 0.752. The number of H-pyrrole nitrogens is 2. The Morgan fingerprint density at radius 1 is 1.23 bits per heavy atom. The summed E-state index contributed by atoms with van der Waals surface area (Å²) in [5, 5.41) is 10.0. The average Bonchev–Trinajstić information content (AvgIpc) is 2.96. The lowest BCUT2D eigenvalue weighted by Crippen LogP contribution is -2.10. The van der Waals surface area contributed by atoms with Crippen LogP contribution in [0.3, 0.4) is 0 Å². The summed E-state index contributed by atoms with van der Waals surface area (Å²) in [5.41, 5.74) is 0.886. The third-order valence-corrected chi connectivity index (χ3v) is 3.29. The molecule has 7 heteroatoms. The van der Waals surface area contributed by atoms with Gasteiger partial charge in [0.15, 0.2) is 5.52 Å². The molecular formula is C15H17N5O2. The molecule has 3 aromatic rings. The van der Waals surface area contributed by atoms with Gasteiger partial charge in [-0.25, -0.2) is 4.98 Å². The molecule has 0 aliphatic rings. The number of hydrogen-bond acceptors (Lipinski definition) is 5. The van der Waals surface area contributed by atoms with Gasteiger partial charge in [0.25, 0.3) is 5.56 Å². The normalized spacial score (nSPS) is 11.2. The number of nitrogens with zero attached hydrogens (tertiary/aromatic N) is 3. The fraction of sp³-hybridized carbons (Fsp3) is 0.333. The van der Waals surface area contributed by atoms with Crippen molar-refractivity contribution in [3.8, 4) is 17.1 Å². The first-order valence-corrected chi connectivity index (χ1v) is 7.18. The fourth-order valence-electron chi connectivity index (χ4n) is 2.08. The van der Waals surface area contributed by atoms with E-state index < -0.39 is 0 Å². The van der Waals surface area contributed by atoms with Gasteiger partial charge in [0.2, 0.25) is 5.65 Å². The van der Waals surface area contributed by atoms with Crippen molar-refractivity contribution in [2.75, 3.05) is 6.61 Å². The minimum Gasteiger partial charge on any atom is -0.493 e. The first-order valence-electron chi connectivity index (χ1n) is 7.18. The Morgan fingerprint density at radius 3 is 2.86 bits per heavy atom. The summed E-state index contributed by atoms with van der Waals surface area (Å²) < 4.78 is 5.83. The number of rotatable bonds is 5. The van der Waals surface area contributed by atoms with Gasteiger partial charge in [0.05, 0.1) is 12.2 Å². The number of para-hydroxylation sites is 1. The number of aromatic nitrogens is 5. The highest BCUT2D eigenvalue weighted by atomic mass is 16.5. The van der Waals surface area contributed by atoms with Crippen molar-refractivity contribution in [3.05, 3.63) is 34.6 Å². The van der Waals surface area contributed by atoms with Crippen molar-refractivity contribution >= 4 is 11.2 Å². The maximum atomic E-state index is 12.0. The van der Waals surface area contributed by atoms with E-state index in [4.69, 9.17) is 4.74 Å². The molecule has 0 aliphatic heterocycles. The summed E-state index contributed by atoms with van der Waals surface area (Å²) in [7, 11) is 0. The lowest BCUT2D eigenvalue weighted by molar-refractivity contribution is 0.290. The summed E-state index contributed by atoms with van der Waals surface area (Å²) >= 11 is 0. The van der Waals surface area contributed by atoms with Gasteiger partial charge < -0.3 is 9.72 Å². The molecule has 2 N–H and O–H groups in total. The summed E-state index contributed by atoms with van der Waals surface area (Å²) in [5.74, 6) is 1.68. The molecule has 1 aromatic carbocycles. The molecule has 0 aliphatic carbocycles. The van der Waals surface area contributed by atoms with E-state index in [1.165, 1.54) is 0 Å². The summed E-state index contributed by atoms with van der Waals surface area (Å²) in [6, 6.07) is 7.48. The predicted octanol–water partition coefficient (Wildman–Crippen LogP) is 2.13. The lowest BCUT2D eigenvalue weighted by atomic mass is 10.1. The van der Waals surface area contributed by atoms with Crippen LogP contribution in [0.1, 0.15) is 20.3 Å². The Labute approximate surface area is 126 Å². The van der Waals surface area contributed by atoms with E-state index >= 15 is 0 Å². The molecule has 0 unspecified atom stereocenters. The smallest absolute Gasteiger partial charge is 0.281 e. The van der Waals surface area contributed by atoms with Crippen LogP contribution in [0.25, 0.3) is 22.6 Å². The number of nitrogens with one attached hydrogen (secondary N) is 2. The maximum Gasteiger partial charge on any atom is 0.281 e. The van der Waals surface area contributed by atoms with E-state index in [0.29, 0.717) is 24.1 Å². The Kier molecular flexibility index (Phi) is 3.86. The zero-order valence-corrected chi connectivity index (χ0v) is 12.5. The van der Waals surface area contributed by atoms with Gasteiger partial charge in [-0.15, -0.1) is 10.2 Å². The van der Waals surface area contributed by atoms with E-state index in [1.54, 1.807) is 0 Å². The molecule has 0 spiro atoms. The van der Waals surface area contributed by atoms with Gasteiger partial charge in [-0.3, -0.25) is 4.79 Å². The van der Waals surface area contributed by atoms with Gasteiger partial charge in [0, 0.05) is 0 Å². The van der Waals surface area contributed by atoms with Crippen molar-refractivity contribution in [1.29, 1.82) is 0 Å². The van der Waals surface area contributed by atoms with E-state index in [1.807, 2.05) is 24.3 Å². The lowest BCUT2D eigenvalue weighted by Gasteiger charge is -2.11. The molecule has 0 radical (unpaired) electrons. The Morgan fingerprint density at radius 2 is 2.05 bits per heavy atom. The Balaban J connectivity index is 1.97. The second kappa shape index (κ2) is 5.97. The topological polar surface area (TPSA) is 96.6 Å². The first-order chi connectivity index (χ1) is 10.6. The molecule has 3 rings (SSSR count). The second-order valence-electron chi connectivity index (χ2n) is 5.44. The predicted molar refractivity (Wildman–Crippen MR) is 82.7 cm³/mol. The monoisotopic (exact) mass is 299 g/mol. The minimum absolute atomic E-state index is 0.196. The zero-order chi connectivity index (χ0) is 15.5. The summed E-state index contributed by atoms with van der Waals surface area (Å²) in [4.78, 5) is 19.0. The average molecular weight is 299 g/mol. The molecule has 0 saturated carbocycles. The molecule has 0 saturated heterocycles. The van der Waals surface area contributed by atoms with Gasteiger partial charge in [-0.05, 0) is 24.5 Å². The van der Waals surface area contributed by atoms with Crippen molar-refractivity contribution in [3.63, 3.8) is 0 Å². The summed E-state index contributed by atoms with van der Waals surface area (Å²) in [6.07, 6.45) is 0.959. The maximum absolute atomic E-state index is 12.0. The number of aromatic amines is 2. The number of ether oxygens (including phenoxy) is 1. The van der Waals surface area contributed by atoms with E-state index in [-0.39, 0.29) is 16.7 Å². The van der Waals surface area contributed by atoms with E-state index in [2.05, 4.69) is 39.2 Å². The van der Waals surface area contributed by atoms with Crippen LogP contribution in [0.2, 0.25) is 0 Å². The third kappa shape index (κ3) is 2.83. The van der Waals surface area contributed by atoms with Crippen molar-refractivity contribution in [2.24, 2.45) is 5.92 Å². The molecule has 7 nitrogen and oxygen atoms in total. The van der Waals surface area contributed by atoms with Crippen LogP contribution < -0.4 is 10.3 Å². The molecule has 2 heterocycles. The molecule has 0 atom stereocenters. The van der Waals surface area contributed by atoms with Crippen LogP contribution in [-0.4, -0.2) is 32.0 Å². The minimum atomic E-state index is -0.328. The molecule has 2 aromatic heterocycles. The molecule has 0 bridgehead atoms. The van der Waals surface area contributed by atoms with Crippen molar-refractivity contribution in [2.45, 2.75) is 20.3 Å². The molecular weight excluding hydrogens is 282 g/mol. The van der Waals surface area contributed by atoms with E-state index in [0.717, 1.165) is 12.0 Å². The van der Waals surface area contributed by atoms with Crippen molar-refractivity contribution in [1.82, 2.24) is 25.4 Å². The van der Waals surface area contributed by atoms with Crippen LogP contribution in [0.5, 0.6) is 5.75 Å². The molecule has 22 heavy (non-hydrogen) atoms. The Hall–Kier alpha value is -2.70. The largest absolute Gasteiger partial charge is 0.493 e. The van der Waals surface area contributed by atoms with Gasteiger partial charge in [-0.2, -0.15) is 5.21 Å². The number of benzene rings is 1. The molecule has 0 amide bonds. The Bertz CT molecular complexity index is 837. The number of hydrogen-bond donors (Lipinski definition) is 2. The van der Waals surface area contributed by atoms with Crippen molar-refractivity contribution < 1.29 is 4.74 Å². The van der Waals surface area contributed by atoms with Crippen LogP contribution in [0.15, 0.2) is 29.1 Å². The van der Waals surface area contributed by atoms with Crippen LogP contribution in [0, 0.1) is 5.92 Å². The second-order valence-corrected chi connectivity index (χ2v) is 5.44. The van der Waals surface area contributed by atoms with Gasteiger partial charge in [-0.1, -0.05) is 26.0 Å². The highest BCUT2D eigenvalue weighted by Crippen LogP contribution is 2.27. The van der Waals surface area contributed by atoms with Crippen LogP contribution in [0.4, 0.5) is 0 Å². The standard InChI is InChI=1S/C15H17N5O2/c1-9(2)7-8-22-11-6-4-3-5-10(11)13-16-14-12(15(21)17-13)18-20-19-14/h3-6,9H,7-8H2,1-2H3,(H2,16,17,18,19,20,21). The summed E-state index contributed by atoms with van der Waals surface area (Å²) in [6.45, 7) is 4.91. The van der Waals surface area contributed by atoms with Gasteiger partial charge in [0.1, 0.15) is 11.6 Å². The van der Waals surface area contributed by atoms with Crippen LogP contribution in [-0.2, 0) is 0 Å². The third-order valence-electron chi connectivity index (χ3n) is 3.29. The van der Waals surface area contributed by atoms with E-state index in [9.17, 15) is 4.79 Å². The molecule has 114 valence electrons. The highest BCUT2D eigenvalue weighted by Gasteiger charge is 2.12. The van der Waals surface area contributed by atoms with Gasteiger partial charge >= 0.3 is 0 Å². The fourth-order valence-corrected chi connectivity index (χ4v) is 2.08. The van der Waals surface area contributed by atoms with Crippen LogP contribution >= 0.6 is 0 Å². The highest BCUT2D eigenvalue weighted by molar-refractivity contribution is 5.72. The first kappa shape index (κ1) is 14.2. The number of fused-ring (bicyclic) bond motifs is 1.